The van der Waals surface area contributed by atoms with E-state index in [0.29, 0.717) is 0 Å². The van der Waals surface area contributed by atoms with Crippen LogP contribution in [0.5, 0.6) is 5.75 Å². The van der Waals surface area contributed by atoms with Gasteiger partial charge in [0.05, 0.1) is 23.9 Å². The van der Waals surface area contributed by atoms with Crippen molar-refractivity contribution in [3.8, 4) is 5.75 Å². The molecule has 0 amide bonds. The van der Waals surface area contributed by atoms with Gasteiger partial charge in [0.25, 0.3) is 0 Å². The second kappa shape index (κ2) is 7.29. The normalized spacial score (nSPS) is 17.1. The number of rotatable bonds is 4. The van der Waals surface area contributed by atoms with Crippen LogP contribution in [-0.2, 0) is 12.1 Å². The highest BCUT2D eigenvalue weighted by atomic mass is 16.5. The minimum absolute atomic E-state index is 0.711. The van der Waals surface area contributed by atoms with Gasteiger partial charge < -0.3 is 9.84 Å². The fraction of sp³-hybridized carbons (Fsp3) is 0.348. The van der Waals surface area contributed by atoms with Crippen molar-refractivity contribution in [3.05, 3.63) is 71.4 Å². The van der Waals surface area contributed by atoms with Gasteiger partial charge in [-0.15, -0.1) is 0 Å². The molecule has 0 aliphatic carbocycles. The lowest BCUT2D eigenvalue weighted by atomic mass is 9.84. The lowest BCUT2D eigenvalue weighted by molar-refractivity contribution is -0.0279. The van der Waals surface area contributed by atoms with Crippen molar-refractivity contribution >= 4 is 10.9 Å². The van der Waals surface area contributed by atoms with E-state index in [9.17, 15) is 5.11 Å². The zero-order valence-corrected chi connectivity index (χ0v) is 16.0. The molecule has 4 rings (SSSR count). The van der Waals surface area contributed by atoms with Gasteiger partial charge in [0, 0.05) is 25.0 Å². The molecular formula is C23H26N2O2. The van der Waals surface area contributed by atoms with Crippen LogP contribution in [0, 0.1) is 6.92 Å². The van der Waals surface area contributed by atoms with Crippen LogP contribution >= 0.6 is 0 Å². The Hall–Kier alpha value is -2.43. The van der Waals surface area contributed by atoms with Gasteiger partial charge in [0.15, 0.2) is 0 Å². The minimum Gasteiger partial charge on any atom is -0.497 e. The molecular weight excluding hydrogens is 336 g/mol. The van der Waals surface area contributed by atoms with E-state index in [4.69, 9.17) is 9.72 Å². The smallest absolute Gasteiger partial charge is 0.119 e. The number of nitrogens with zero attached hydrogens (tertiary/aromatic N) is 2. The molecule has 0 spiro atoms. The van der Waals surface area contributed by atoms with E-state index in [2.05, 4.69) is 48.2 Å². The third-order valence-corrected chi connectivity index (χ3v) is 5.61. The van der Waals surface area contributed by atoms with Gasteiger partial charge in [-0.2, -0.15) is 0 Å². The van der Waals surface area contributed by atoms with Gasteiger partial charge in [0.1, 0.15) is 5.75 Å². The second-order valence-corrected chi connectivity index (χ2v) is 7.53. The third-order valence-electron chi connectivity index (χ3n) is 5.61. The van der Waals surface area contributed by atoms with Crippen molar-refractivity contribution in [1.29, 1.82) is 0 Å². The number of ether oxygens (including phenoxy) is 1. The second-order valence-electron chi connectivity index (χ2n) is 7.53. The molecule has 1 saturated heterocycles. The van der Waals surface area contributed by atoms with Crippen LogP contribution in [0.3, 0.4) is 0 Å². The van der Waals surface area contributed by atoms with Crippen molar-refractivity contribution < 1.29 is 9.84 Å². The Labute approximate surface area is 160 Å². The molecule has 4 nitrogen and oxygen atoms in total. The highest BCUT2D eigenvalue weighted by Gasteiger charge is 2.33. The standard InChI is InChI=1S/C23H26N2O2/c1-17-3-6-19(7-4-17)23(26)11-13-25(14-12-23)16-20-8-5-18-15-21(27-2)9-10-22(18)24-20/h3-10,15,26H,11-14,16H2,1-2H3. The Bertz CT molecular complexity index is 929. The monoisotopic (exact) mass is 362 g/mol. The largest absolute Gasteiger partial charge is 0.497 e. The number of methoxy groups -OCH3 is 1. The quantitative estimate of drug-likeness (QED) is 0.761. The van der Waals surface area contributed by atoms with Crippen LogP contribution in [0.4, 0.5) is 0 Å². The summed E-state index contributed by atoms with van der Waals surface area (Å²) in [5, 5.41) is 12.1. The predicted molar refractivity (Wildman–Crippen MR) is 108 cm³/mol. The number of piperidine rings is 1. The number of pyridine rings is 1. The lowest BCUT2D eigenvalue weighted by Crippen LogP contribution is -2.42. The number of likely N-dealkylation sites (tertiary alicyclic amines) is 1. The summed E-state index contributed by atoms with van der Waals surface area (Å²) >= 11 is 0. The Morgan fingerprint density at radius 2 is 1.78 bits per heavy atom. The molecule has 1 N–H and O–H groups in total. The molecule has 140 valence electrons. The van der Waals surface area contributed by atoms with Crippen molar-refractivity contribution in [3.63, 3.8) is 0 Å². The molecule has 3 aromatic rings. The maximum Gasteiger partial charge on any atom is 0.119 e. The van der Waals surface area contributed by atoms with Crippen LogP contribution in [-0.4, -0.2) is 35.2 Å². The summed E-state index contributed by atoms with van der Waals surface area (Å²) in [5.74, 6) is 0.850. The molecule has 2 heterocycles. The fourth-order valence-corrected chi connectivity index (χ4v) is 3.82. The third kappa shape index (κ3) is 3.82. The molecule has 0 saturated carbocycles. The first-order valence-electron chi connectivity index (χ1n) is 9.51. The van der Waals surface area contributed by atoms with Crippen LogP contribution in [0.1, 0.15) is 29.7 Å². The number of benzene rings is 2. The first-order chi connectivity index (χ1) is 13.1. The summed E-state index contributed by atoms with van der Waals surface area (Å²) in [6, 6.07) is 18.4. The lowest BCUT2D eigenvalue weighted by Gasteiger charge is -2.38. The van der Waals surface area contributed by atoms with Gasteiger partial charge in [-0.05, 0) is 49.6 Å². The van der Waals surface area contributed by atoms with Gasteiger partial charge in [-0.25, -0.2) is 0 Å². The maximum atomic E-state index is 11.1. The van der Waals surface area contributed by atoms with E-state index >= 15 is 0 Å². The summed E-state index contributed by atoms with van der Waals surface area (Å²) in [6.45, 7) is 4.62. The molecule has 1 aliphatic rings. The molecule has 27 heavy (non-hydrogen) atoms. The van der Waals surface area contributed by atoms with Crippen LogP contribution < -0.4 is 4.74 Å². The summed E-state index contributed by atoms with van der Waals surface area (Å²) < 4.78 is 5.28. The van der Waals surface area contributed by atoms with E-state index in [1.54, 1.807) is 7.11 Å². The Balaban J connectivity index is 1.43. The Morgan fingerprint density at radius 3 is 2.48 bits per heavy atom. The molecule has 0 atom stereocenters. The molecule has 0 radical (unpaired) electrons. The van der Waals surface area contributed by atoms with Crippen molar-refractivity contribution in [2.75, 3.05) is 20.2 Å². The zero-order chi connectivity index (χ0) is 18.9. The first-order valence-corrected chi connectivity index (χ1v) is 9.51. The number of fused-ring (bicyclic) bond motifs is 1. The van der Waals surface area contributed by atoms with Crippen LogP contribution in [0.25, 0.3) is 10.9 Å². The highest BCUT2D eigenvalue weighted by Crippen LogP contribution is 2.33. The molecule has 2 aromatic carbocycles. The number of aliphatic hydroxyl groups is 1. The first kappa shape index (κ1) is 18.0. The van der Waals surface area contributed by atoms with Crippen LogP contribution in [0.2, 0.25) is 0 Å². The Kier molecular flexibility index (Phi) is 4.85. The highest BCUT2D eigenvalue weighted by molar-refractivity contribution is 5.80. The van der Waals surface area contributed by atoms with Crippen LogP contribution in [0.15, 0.2) is 54.6 Å². The van der Waals surface area contributed by atoms with E-state index in [1.165, 1.54) is 5.56 Å². The van der Waals surface area contributed by atoms with E-state index < -0.39 is 5.60 Å². The van der Waals surface area contributed by atoms with E-state index in [1.807, 2.05) is 18.2 Å². The summed E-state index contributed by atoms with van der Waals surface area (Å²) in [6.07, 6.45) is 1.50. The predicted octanol–water partition coefficient (Wildman–Crippen LogP) is 4.04. The zero-order valence-electron chi connectivity index (χ0n) is 16.0. The van der Waals surface area contributed by atoms with E-state index in [-0.39, 0.29) is 0 Å². The average molecular weight is 362 g/mol. The number of aromatic nitrogens is 1. The molecule has 1 aliphatic heterocycles. The van der Waals surface area contributed by atoms with Gasteiger partial charge >= 0.3 is 0 Å². The summed E-state index contributed by atoms with van der Waals surface area (Å²) in [4.78, 5) is 7.16. The average Bonchev–Trinajstić information content (AvgIpc) is 2.70. The van der Waals surface area contributed by atoms with Crippen molar-refractivity contribution in [2.24, 2.45) is 0 Å². The summed E-state index contributed by atoms with van der Waals surface area (Å²) in [7, 11) is 1.68. The number of aryl methyl sites for hydroxylation is 1. The number of hydrogen-bond donors (Lipinski definition) is 1. The summed E-state index contributed by atoms with van der Waals surface area (Å²) in [5.41, 5.74) is 3.60. The fourth-order valence-electron chi connectivity index (χ4n) is 3.82. The topological polar surface area (TPSA) is 45.6 Å². The minimum atomic E-state index is -0.711. The number of hydrogen-bond acceptors (Lipinski definition) is 4. The molecule has 4 heteroatoms. The van der Waals surface area contributed by atoms with E-state index in [0.717, 1.165) is 60.4 Å². The van der Waals surface area contributed by atoms with Gasteiger partial charge in [-0.1, -0.05) is 35.9 Å². The Morgan fingerprint density at radius 1 is 1.04 bits per heavy atom. The van der Waals surface area contributed by atoms with Crippen molar-refractivity contribution in [2.45, 2.75) is 31.9 Å². The van der Waals surface area contributed by atoms with Gasteiger partial charge in [0.2, 0.25) is 0 Å². The van der Waals surface area contributed by atoms with Crippen molar-refractivity contribution in [1.82, 2.24) is 9.88 Å². The molecule has 1 fully saturated rings. The maximum absolute atomic E-state index is 11.1. The molecule has 0 bridgehead atoms. The van der Waals surface area contributed by atoms with Gasteiger partial charge in [-0.3, -0.25) is 9.88 Å². The SMILES string of the molecule is COc1ccc2nc(CN3CCC(O)(c4ccc(C)cc4)CC3)ccc2c1. The molecule has 1 aromatic heterocycles. The molecule has 0 unspecified atom stereocenters.